The number of rotatable bonds is 9. The number of nitrogens with one attached hydrogen (secondary N) is 2. The molecule has 1 atom stereocenters. The van der Waals surface area contributed by atoms with Crippen LogP contribution in [0.1, 0.15) is 51.5 Å². The van der Waals surface area contributed by atoms with Gasteiger partial charge in [-0.05, 0) is 38.0 Å². The van der Waals surface area contributed by atoms with Crippen LogP contribution in [-0.2, 0) is 4.79 Å². The fourth-order valence-electron chi connectivity index (χ4n) is 2.17. The van der Waals surface area contributed by atoms with Crippen molar-refractivity contribution in [3.63, 3.8) is 0 Å². The standard InChI is InChI=1S/C17H27ClN2O/c1-4-5-6-7-8-14(3)19-12-17(21)20-16-11-15(18)10-9-13(16)2/h9-11,14,19H,4-8,12H2,1-3H3,(H,20,21). The van der Waals surface area contributed by atoms with Gasteiger partial charge in [0.2, 0.25) is 5.91 Å². The van der Waals surface area contributed by atoms with Gasteiger partial charge in [-0.25, -0.2) is 0 Å². The maximum Gasteiger partial charge on any atom is 0.238 e. The van der Waals surface area contributed by atoms with Crippen molar-refractivity contribution in [1.82, 2.24) is 5.32 Å². The lowest BCUT2D eigenvalue weighted by Gasteiger charge is -2.14. The molecule has 0 aromatic heterocycles. The van der Waals surface area contributed by atoms with E-state index in [-0.39, 0.29) is 5.91 Å². The summed E-state index contributed by atoms with van der Waals surface area (Å²) in [7, 11) is 0. The number of carbonyl (C=O) groups is 1. The van der Waals surface area contributed by atoms with Crippen molar-refractivity contribution < 1.29 is 4.79 Å². The van der Waals surface area contributed by atoms with Crippen LogP contribution in [-0.4, -0.2) is 18.5 Å². The van der Waals surface area contributed by atoms with Crippen molar-refractivity contribution in [2.45, 2.75) is 58.9 Å². The molecule has 1 rings (SSSR count). The molecule has 1 unspecified atom stereocenters. The number of aryl methyl sites for hydroxylation is 1. The van der Waals surface area contributed by atoms with Crippen LogP contribution in [0.15, 0.2) is 18.2 Å². The first-order chi connectivity index (χ1) is 10.0. The molecule has 0 aliphatic heterocycles. The minimum absolute atomic E-state index is 0.0271. The molecule has 1 aromatic rings. The third-order valence-corrected chi connectivity index (χ3v) is 3.81. The highest BCUT2D eigenvalue weighted by atomic mass is 35.5. The molecular weight excluding hydrogens is 284 g/mol. The second-order valence-corrected chi connectivity index (χ2v) is 6.08. The van der Waals surface area contributed by atoms with E-state index in [1.807, 2.05) is 19.1 Å². The van der Waals surface area contributed by atoms with Crippen molar-refractivity contribution in [1.29, 1.82) is 0 Å². The molecule has 1 amide bonds. The van der Waals surface area contributed by atoms with Gasteiger partial charge in [0.05, 0.1) is 6.54 Å². The summed E-state index contributed by atoms with van der Waals surface area (Å²) < 4.78 is 0. The Morgan fingerprint density at radius 3 is 2.76 bits per heavy atom. The van der Waals surface area contributed by atoms with Crippen LogP contribution in [0.5, 0.6) is 0 Å². The van der Waals surface area contributed by atoms with Crippen molar-refractivity contribution >= 4 is 23.2 Å². The number of carbonyl (C=O) groups excluding carboxylic acids is 1. The summed E-state index contributed by atoms with van der Waals surface area (Å²) in [5.74, 6) is -0.0271. The predicted octanol–water partition coefficient (Wildman–Crippen LogP) is 4.54. The molecule has 0 saturated carbocycles. The van der Waals surface area contributed by atoms with E-state index in [1.54, 1.807) is 6.07 Å². The van der Waals surface area contributed by atoms with E-state index in [0.717, 1.165) is 17.7 Å². The van der Waals surface area contributed by atoms with E-state index in [4.69, 9.17) is 11.6 Å². The SMILES string of the molecule is CCCCCCC(C)NCC(=O)Nc1cc(Cl)ccc1C. The molecule has 0 bridgehead atoms. The van der Waals surface area contributed by atoms with E-state index < -0.39 is 0 Å². The third-order valence-electron chi connectivity index (χ3n) is 3.58. The average molecular weight is 311 g/mol. The number of amides is 1. The van der Waals surface area contributed by atoms with Gasteiger partial charge < -0.3 is 10.6 Å². The number of hydrogen-bond donors (Lipinski definition) is 2. The van der Waals surface area contributed by atoms with E-state index in [9.17, 15) is 4.79 Å². The lowest BCUT2D eigenvalue weighted by Crippen LogP contribution is -2.34. The quantitative estimate of drug-likeness (QED) is 0.658. The van der Waals surface area contributed by atoms with Gasteiger partial charge in [-0.1, -0.05) is 50.3 Å². The highest BCUT2D eigenvalue weighted by Crippen LogP contribution is 2.19. The van der Waals surface area contributed by atoms with E-state index in [2.05, 4.69) is 24.5 Å². The third kappa shape index (κ3) is 7.49. The Kier molecular flexibility index (Phi) is 8.40. The van der Waals surface area contributed by atoms with Crippen LogP contribution >= 0.6 is 11.6 Å². The maximum absolute atomic E-state index is 11.9. The van der Waals surface area contributed by atoms with Gasteiger partial charge in [0, 0.05) is 16.8 Å². The van der Waals surface area contributed by atoms with E-state index >= 15 is 0 Å². The number of halogens is 1. The van der Waals surface area contributed by atoms with E-state index in [0.29, 0.717) is 17.6 Å². The molecule has 0 saturated heterocycles. The van der Waals surface area contributed by atoms with Gasteiger partial charge in [-0.3, -0.25) is 4.79 Å². The number of benzene rings is 1. The topological polar surface area (TPSA) is 41.1 Å². The van der Waals surface area contributed by atoms with E-state index in [1.165, 1.54) is 25.7 Å². The summed E-state index contributed by atoms with van der Waals surface area (Å²) in [6, 6.07) is 5.88. The molecule has 0 radical (unpaired) electrons. The Balaban J connectivity index is 2.29. The molecule has 0 heterocycles. The minimum atomic E-state index is -0.0271. The van der Waals surface area contributed by atoms with Crippen molar-refractivity contribution in [2.75, 3.05) is 11.9 Å². The van der Waals surface area contributed by atoms with Crippen LogP contribution < -0.4 is 10.6 Å². The average Bonchev–Trinajstić information content (AvgIpc) is 2.45. The van der Waals surface area contributed by atoms with Gasteiger partial charge in [0.1, 0.15) is 0 Å². The fourth-order valence-corrected chi connectivity index (χ4v) is 2.34. The fraction of sp³-hybridized carbons (Fsp3) is 0.588. The number of unbranched alkanes of at least 4 members (excludes halogenated alkanes) is 3. The molecule has 118 valence electrons. The van der Waals surface area contributed by atoms with Gasteiger partial charge in [-0.15, -0.1) is 0 Å². The maximum atomic E-state index is 11.9. The predicted molar refractivity (Wildman–Crippen MR) is 91.0 cm³/mol. The van der Waals surface area contributed by atoms with Gasteiger partial charge in [-0.2, -0.15) is 0 Å². The Morgan fingerprint density at radius 2 is 2.05 bits per heavy atom. The highest BCUT2D eigenvalue weighted by Gasteiger charge is 2.07. The molecule has 4 heteroatoms. The zero-order valence-corrected chi connectivity index (χ0v) is 14.1. The second-order valence-electron chi connectivity index (χ2n) is 5.64. The number of hydrogen-bond acceptors (Lipinski definition) is 2. The summed E-state index contributed by atoms with van der Waals surface area (Å²) in [6.07, 6.45) is 6.15. The zero-order valence-electron chi connectivity index (χ0n) is 13.3. The first-order valence-corrected chi connectivity index (χ1v) is 8.20. The highest BCUT2D eigenvalue weighted by molar-refractivity contribution is 6.31. The van der Waals surface area contributed by atoms with Crippen molar-refractivity contribution in [2.24, 2.45) is 0 Å². The van der Waals surface area contributed by atoms with Crippen molar-refractivity contribution in [3.8, 4) is 0 Å². The molecule has 0 spiro atoms. The summed E-state index contributed by atoms with van der Waals surface area (Å²) >= 11 is 5.94. The van der Waals surface area contributed by atoms with Crippen LogP contribution in [0.2, 0.25) is 5.02 Å². The Bertz CT molecular complexity index is 448. The van der Waals surface area contributed by atoms with Crippen LogP contribution in [0, 0.1) is 6.92 Å². The molecule has 21 heavy (non-hydrogen) atoms. The van der Waals surface area contributed by atoms with Crippen molar-refractivity contribution in [3.05, 3.63) is 28.8 Å². The van der Waals surface area contributed by atoms with Crippen LogP contribution in [0.3, 0.4) is 0 Å². The molecule has 0 aliphatic rings. The normalized spacial score (nSPS) is 12.2. The molecule has 1 aromatic carbocycles. The number of anilines is 1. The Morgan fingerprint density at radius 1 is 1.29 bits per heavy atom. The van der Waals surface area contributed by atoms with Gasteiger partial charge in [0.25, 0.3) is 0 Å². The molecule has 3 nitrogen and oxygen atoms in total. The Labute approximate surface area is 133 Å². The summed E-state index contributed by atoms with van der Waals surface area (Å²) in [5.41, 5.74) is 1.80. The molecule has 0 aliphatic carbocycles. The second kappa shape index (κ2) is 9.80. The first kappa shape index (κ1) is 18.0. The lowest BCUT2D eigenvalue weighted by atomic mass is 10.1. The zero-order chi connectivity index (χ0) is 15.7. The minimum Gasteiger partial charge on any atom is -0.325 e. The summed E-state index contributed by atoms with van der Waals surface area (Å²) in [5, 5.41) is 6.80. The van der Waals surface area contributed by atoms with Gasteiger partial charge in [0.15, 0.2) is 0 Å². The van der Waals surface area contributed by atoms with Crippen LogP contribution in [0.25, 0.3) is 0 Å². The lowest BCUT2D eigenvalue weighted by molar-refractivity contribution is -0.115. The van der Waals surface area contributed by atoms with Crippen LogP contribution in [0.4, 0.5) is 5.69 Å². The largest absolute Gasteiger partial charge is 0.325 e. The van der Waals surface area contributed by atoms with Gasteiger partial charge >= 0.3 is 0 Å². The molecule has 0 fully saturated rings. The smallest absolute Gasteiger partial charge is 0.238 e. The Hall–Kier alpha value is -1.06. The first-order valence-electron chi connectivity index (χ1n) is 7.82. The summed E-state index contributed by atoms with van der Waals surface area (Å²) in [6.45, 7) is 6.63. The summed E-state index contributed by atoms with van der Waals surface area (Å²) in [4.78, 5) is 11.9. The molecular formula is C17H27ClN2O. The molecule has 2 N–H and O–H groups in total. The monoisotopic (exact) mass is 310 g/mol.